The Hall–Kier alpha value is -2.78. The van der Waals surface area contributed by atoms with Crippen LogP contribution in [0, 0.1) is 11.3 Å². The Morgan fingerprint density at radius 1 is 1.18 bits per heavy atom. The van der Waals surface area contributed by atoms with Crippen LogP contribution in [-0.4, -0.2) is 14.5 Å². The molecule has 0 amide bonds. The summed E-state index contributed by atoms with van der Waals surface area (Å²) < 4.78 is 1.86. The number of pyridine rings is 1. The Labute approximate surface area is 134 Å². The molecule has 1 aromatic carbocycles. The van der Waals surface area contributed by atoms with Gasteiger partial charge in [0.1, 0.15) is 6.33 Å². The summed E-state index contributed by atoms with van der Waals surface area (Å²) in [5.41, 5.74) is 2.41. The first kappa shape index (κ1) is 14.2. The average molecular weight is 353 g/mol. The standard InChI is InChI=1S/C16H9BrN4O/c17-15-5-12(14-4-2-1-3-11(14)6-18)9-21(16(15)22)13-7-19-10-20-8-13/h1-5,7-10H. The lowest BCUT2D eigenvalue weighted by Crippen LogP contribution is -2.19. The van der Waals surface area contributed by atoms with E-state index in [1.54, 1.807) is 36.8 Å². The third-order valence-corrected chi connectivity index (χ3v) is 3.73. The Bertz CT molecular complexity index is 929. The van der Waals surface area contributed by atoms with E-state index in [0.717, 1.165) is 11.1 Å². The summed E-state index contributed by atoms with van der Waals surface area (Å²) in [6.07, 6.45) is 6.20. The van der Waals surface area contributed by atoms with Crippen molar-refractivity contribution in [1.82, 2.24) is 14.5 Å². The van der Waals surface area contributed by atoms with E-state index in [4.69, 9.17) is 0 Å². The highest BCUT2D eigenvalue weighted by atomic mass is 79.9. The van der Waals surface area contributed by atoms with Crippen molar-refractivity contribution in [3.8, 4) is 22.9 Å². The van der Waals surface area contributed by atoms with Gasteiger partial charge in [0.05, 0.1) is 34.2 Å². The van der Waals surface area contributed by atoms with Crippen LogP contribution in [0.25, 0.3) is 16.8 Å². The summed E-state index contributed by atoms with van der Waals surface area (Å²) >= 11 is 3.28. The van der Waals surface area contributed by atoms with Gasteiger partial charge in [0.25, 0.3) is 5.56 Å². The third-order valence-electron chi connectivity index (χ3n) is 3.16. The predicted octanol–water partition coefficient (Wildman–Crippen LogP) is 2.93. The molecule has 106 valence electrons. The van der Waals surface area contributed by atoms with Gasteiger partial charge in [-0.05, 0) is 28.1 Å². The molecule has 2 heterocycles. The van der Waals surface area contributed by atoms with Crippen molar-refractivity contribution < 1.29 is 0 Å². The minimum Gasteiger partial charge on any atom is -0.280 e. The van der Waals surface area contributed by atoms with Gasteiger partial charge < -0.3 is 0 Å². The minimum atomic E-state index is -0.215. The Balaban J connectivity index is 2.26. The summed E-state index contributed by atoms with van der Waals surface area (Å²) in [5.74, 6) is 0. The highest BCUT2D eigenvalue weighted by Gasteiger charge is 2.10. The number of rotatable bonds is 2. The van der Waals surface area contributed by atoms with Crippen LogP contribution in [0.1, 0.15) is 5.56 Å². The number of halogens is 1. The summed E-state index contributed by atoms with van der Waals surface area (Å²) in [4.78, 5) is 20.2. The van der Waals surface area contributed by atoms with Crippen molar-refractivity contribution >= 4 is 15.9 Å². The lowest BCUT2D eigenvalue weighted by atomic mass is 10.0. The van der Waals surface area contributed by atoms with Crippen LogP contribution in [0.2, 0.25) is 0 Å². The second-order valence-corrected chi connectivity index (χ2v) is 5.36. The second kappa shape index (κ2) is 5.92. The van der Waals surface area contributed by atoms with Gasteiger partial charge in [-0.2, -0.15) is 5.26 Å². The molecule has 0 aliphatic rings. The fourth-order valence-corrected chi connectivity index (χ4v) is 2.57. The number of aromatic nitrogens is 3. The molecule has 0 saturated carbocycles. The minimum absolute atomic E-state index is 0.215. The van der Waals surface area contributed by atoms with Crippen LogP contribution < -0.4 is 5.56 Å². The summed E-state index contributed by atoms with van der Waals surface area (Å²) in [6, 6.07) is 11.1. The highest BCUT2D eigenvalue weighted by molar-refractivity contribution is 9.10. The first-order chi connectivity index (χ1) is 10.7. The molecule has 3 rings (SSSR count). The summed E-state index contributed by atoms with van der Waals surface area (Å²) in [7, 11) is 0. The molecule has 0 unspecified atom stereocenters. The van der Waals surface area contributed by atoms with E-state index in [0.29, 0.717) is 15.7 Å². The molecule has 22 heavy (non-hydrogen) atoms. The van der Waals surface area contributed by atoms with E-state index in [-0.39, 0.29) is 5.56 Å². The maximum Gasteiger partial charge on any atom is 0.269 e. The van der Waals surface area contributed by atoms with Crippen LogP contribution in [0.3, 0.4) is 0 Å². The molecule has 0 atom stereocenters. The summed E-state index contributed by atoms with van der Waals surface area (Å²) in [5, 5.41) is 9.24. The molecule has 0 saturated heterocycles. The van der Waals surface area contributed by atoms with Crippen molar-refractivity contribution in [3.63, 3.8) is 0 Å². The van der Waals surface area contributed by atoms with Crippen molar-refractivity contribution in [2.45, 2.75) is 0 Å². The summed E-state index contributed by atoms with van der Waals surface area (Å²) in [6.45, 7) is 0. The van der Waals surface area contributed by atoms with Crippen molar-refractivity contribution in [2.75, 3.05) is 0 Å². The molecule has 0 aliphatic heterocycles. The zero-order valence-electron chi connectivity index (χ0n) is 11.3. The number of hydrogen-bond acceptors (Lipinski definition) is 4. The van der Waals surface area contributed by atoms with E-state index in [9.17, 15) is 10.1 Å². The van der Waals surface area contributed by atoms with Gasteiger partial charge in [-0.25, -0.2) is 9.97 Å². The van der Waals surface area contributed by atoms with Crippen molar-refractivity contribution in [1.29, 1.82) is 5.26 Å². The van der Waals surface area contributed by atoms with Gasteiger partial charge in [-0.1, -0.05) is 18.2 Å². The predicted molar refractivity (Wildman–Crippen MR) is 85.5 cm³/mol. The lowest BCUT2D eigenvalue weighted by Gasteiger charge is -2.10. The van der Waals surface area contributed by atoms with Crippen LogP contribution >= 0.6 is 15.9 Å². The molecule has 6 heteroatoms. The number of benzene rings is 1. The first-order valence-electron chi connectivity index (χ1n) is 6.38. The molecule has 0 aliphatic carbocycles. The number of hydrogen-bond donors (Lipinski definition) is 0. The van der Waals surface area contributed by atoms with Gasteiger partial charge in [-0.3, -0.25) is 9.36 Å². The normalized spacial score (nSPS) is 10.2. The van der Waals surface area contributed by atoms with E-state index in [2.05, 4.69) is 32.0 Å². The quantitative estimate of drug-likeness (QED) is 0.710. The molecular formula is C16H9BrN4O. The van der Waals surface area contributed by atoms with Gasteiger partial charge in [-0.15, -0.1) is 0 Å². The van der Waals surface area contributed by atoms with Crippen molar-refractivity contribution in [3.05, 3.63) is 75.6 Å². The van der Waals surface area contributed by atoms with E-state index >= 15 is 0 Å². The molecule has 0 bridgehead atoms. The zero-order chi connectivity index (χ0) is 15.5. The van der Waals surface area contributed by atoms with Crippen molar-refractivity contribution in [2.24, 2.45) is 0 Å². The van der Waals surface area contributed by atoms with Crippen LogP contribution in [0.15, 0.2) is 64.5 Å². The molecule has 3 aromatic rings. The lowest BCUT2D eigenvalue weighted by molar-refractivity contribution is 0.952. The first-order valence-corrected chi connectivity index (χ1v) is 7.17. The second-order valence-electron chi connectivity index (χ2n) is 4.51. The largest absolute Gasteiger partial charge is 0.280 e. The Kier molecular flexibility index (Phi) is 3.81. The topological polar surface area (TPSA) is 71.6 Å². The molecule has 0 N–H and O–H groups in total. The maximum absolute atomic E-state index is 12.3. The molecular weight excluding hydrogens is 344 g/mol. The van der Waals surface area contributed by atoms with Gasteiger partial charge in [0.2, 0.25) is 0 Å². The van der Waals surface area contributed by atoms with Crippen LogP contribution in [-0.2, 0) is 0 Å². The van der Waals surface area contributed by atoms with E-state index in [1.165, 1.54) is 10.9 Å². The Morgan fingerprint density at radius 2 is 1.91 bits per heavy atom. The smallest absolute Gasteiger partial charge is 0.269 e. The van der Waals surface area contributed by atoms with E-state index in [1.807, 2.05) is 12.1 Å². The van der Waals surface area contributed by atoms with Crippen LogP contribution in [0.4, 0.5) is 0 Å². The van der Waals surface area contributed by atoms with Gasteiger partial charge >= 0.3 is 0 Å². The SMILES string of the molecule is N#Cc1ccccc1-c1cc(Br)c(=O)n(-c2cncnc2)c1. The molecule has 0 spiro atoms. The monoisotopic (exact) mass is 352 g/mol. The molecule has 0 radical (unpaired) electrons. The Morgan fingerprint density at radius 3 is 2.64 bits per heavy atom. The average Bonchev–Trinajstić information content (AvgIpc) is 2.58. The maximum atomic E-state index is 12.3. The fourth-order valence-electron chi connectivity index (χ4n) is 2.14. The van der Waals surface area contributed by atoms with Gasteiger partial charge in [0.15, 0.2) is 0 Å². The fraction of sp³-hybridized carbons (Fsp3) is 0. The molecule has 5 nitrogen and oxygen atoms in total. The number of nitriles is 1. The highest BCUT2D eigenvalue weighted by Crippen LogP contribution is 2.25. The van der Waals surface area contributed by atoms with E-state index < -0.39 is 0 Å². The molecule has 2 aromatic heterocycles. The number of nitrogens with zero attached hydrogens (tertiary/aromatic N) is 4. The van der Waals surface area contributed by atoms with Crippen LogP contribution in [0.5, 0.6) is 0 Å². The molecule has 0 fully saturated rings. The van der Waals surface area contributed by atoms with Gasteiger partial charge in [0, 0.05) is 17.3 Å². The third kappa shape index (κ3) is 2.54. The zero-order valence-corrected chi connectivity index (χ0v) is 12.9.